The molecular formula is C15H22ClFN2O. The number of halogens is 2. The number of carbonyl (C=O) groups is 1. The van der Waals surface area contributed by atoms with E-state index in [0.29, 0.717) is 5.92 Å². The summed E-state index contributed by atoms with van der Waals surface area (Å²) >= 11 is 0. The maximum atomic E-state index is 13.6. The third-order valence-corrected chi connectivity index (χ3v) is 3.78. The summed E-state index contributed by atoms with van der Waals surface area (Å²) in [4.78, 5) is 13.6. The zero-order valence-electron chi connectivity index (χ0n) is 11.7. The second-order valence-corrected chi connectivity index (χ2v) is 5.35. The largest absolute Gasteiger partial charge is 0.341 e. The molecule has 0 unspecified atom stereocenters. The molecule has 0 bridgehead atoms. The van der Waals surface area contributed by atoms with E-state index in [1.54, 1.807) is 13.0 Å². The molecule has 1 atom stereocenters. The zero-order chi connectivity index (χ0) is 13.8. The number of hydrogen-bond donors (Lipinski definition) is 1. The topological polar surface area (TPSA) is 46.3 Å². The van der Waals surface area contributed by atoms with Crippen LogP contribution >= 0.6 is 12.4 Å². The van der Waals surface area contributed by atoms with Crippen LogP contribution in [0.15, 0.2) is 24.3 Å². The van der Waals surface area contributed by atoms with E-state index in [9.17, 15) is 9.18 Å². The third kappa shape index (κ3) is 4.18. The highest BCUT2D eigenvalue weighted by atomic mass is 35.5. The van der Waals surface area contributed by atoms with Gasteiger partial charge in [-0.15, -0.1) is 12.4 Å². The first-order chi connectivity index (χ1) is 9.08. The molecule has 2 rings (SSSR count). The van der Waals surface area contributed by atoms with Crippen LogP contribution in [0, 0.1) is 11.7 Å². The van der Waals surface area contributed by atoms with Gasteiger partial charge >= 0.3 is 0 Å². The lowest BCUT2D eigenvalue weighted by Crippen LogP contribution is -2.46. The van der Waals surface area contributed by atoms with Crippen LogP contribution in [0.4, 0.5) is 4.39 Å². The van der Waals surface area contributed by atoms with Gasteiger partial charge in [0.25, 0.3) is 0 Å². The summed E-state index contributed by atoms with van der Waals surface area (Å²) in [6, 6.07) is 6.50. The Bertz CT molecular complexity index is 445. The van der Waals surface area contributed by atoms with Crippen LogP contribution in [0.3, 0.4) is 0 Å². The van der Waals surface area contributed by atoms with E-state index in [1.807, 2.05) is 17.0 Å². The molecule has 112 valence electrons. The fourth-order valence-electron chi connectivity index (χ4n) is 2.62. The summed E-state index contributed by atoms with van der Waals surface area (Å²) in [5.74, 6) is 0.343. The van der Waals surface area contributed by atoms with Gasteiger partial charge in [0.2, 0.25) is 5.91 Å². The third-order valence-electron chi connectivity index (χ3n) is 3.78. The van der Waals surface area contributed by atoms with Gasteiger partial charge in [-0.25, -0.2) is 4.39 Å². The van der Waals surface area contributed by atoms with Crippen LogP contribution in [0.25, 0.3) is 0 Å². The molecule has 1 aliphatic heterocycles. The Morgan fingerprint density at radius 3 is 2.55 bits per heavy atom. The van der Waals surface area contributed by atoms with E-state index < -0.39 is 6.04 Å². The van der Waals surface area contributed by atoms with Gasteiger partial charge in [-0.1, -0.05) is 18.2 Å². The molecule has 1 aromatic carbocycles. The van der Waals surface area contributed by atoms with Gasteiger partial charge in [-0.05, 0) is 43.7 Å². The van der Waals surface area contributed by atoms with E-state index in [1.165, 1.54) is 6.07 Å². The summed E-state index contributed by atoms with van der Waals surface area (Å²) in [5.41, 5.74) is 6.38. The quantitative estimate of drug-likeness (QED) is 0.931. The van der Waals surface area contributed by atoms with Crippen LogP contribution < -0.4 is 5.73 Å². The van der Waals surface area contributed by atoms with Gasteiger partial charge in [0.1, 0.15) is 5.82 Å². The van der Waals surface area contributed by atoms with Crippen LogP contribution in [-0.4, -0.2) is 29.9 Å². The predicted molar refractivity (Wildman–Crippen MR) is 80.3 cm³/mol. The Labute approximate surface area is 125 Å². The molecule has 0 saturated carbocycles. The fraction of sp³-hybridized carbons (Fsp3) is 0.533. The first-order valence-corrected chi connectivity index (χ1v) is 6.85. The number of carbonyl (C=O) groups excluding carboxylic acids is 1. The molecule has 1 heterocycles. The zero-order valence-corrected chi connectivity index (χ0v) is 12.5. The standard InChI is InChI=1S/C15H21FN2O.ClH/c1-11(17)15(19)18-8-6-12(7-9-18)10-13-4-2-3-5-14(13)16;/h2-5,11-12H,6-10,17H2,1H3;1H/t11-;/m1./s1. The Hall–Kier alpha value is -1.13. The molecule has 1 fully saturated rings. The van der Waals surface area contributed by atoms with Crippen LogP contribution in [0.2, 0.25) is 0 Å². The molecule has 0 aliphatic carbocycles. The maximum absolute atomic E-state index is 13.6. The molecule has 2 N–H and O–H groups in total. The van der Waals surface area contributed by atoms with Crippen LogP contribution in [0.5, 0.6) is 0 Å². The van der Waals surface area contributed by atoms with Gasteiger partial charge in [0, 0.05) is 13.1 Å². The highest BCUT2D eigenvalue weighted by Gasteiger charge is 2.24. The summed E-state index contributed by atoms with van der Waals surface area (Å²) in [7, 11) is 0. The van der Waals surface area contributed by atoms with Crippen molar-refractivity contribution >= 4 is 18.3 Å². The molecule has 3 nitrogen and oxygen atoms in total. The Balaban J connectivity index is 0.00000200. The van der Waals surface area contributed by atoms with Crippen molar-refractivity contribution in [1.29, 1.82) is 0 Å². The van der Waals surface area contributed by atoms with E-state index in [4.69, 9.17) is 5.73 Å². The number of benzene rings is 1. The maximum Gasteiger partial charge on any atom is 0.239 e. The van der Waals surface area contributed by atoms with E-state index in [-0.39, 0.29) is 24.1 Å². The number of piperidine rings is 1. The molecular weight excluding hydrogens is 279 g/mol. The summed E-state index contributed by atoms with van der Waals surface area (Å²) in [5, 5.41) is 0. The van der Waals surface area contributed by atoms with E-state index >= 15 is 0 Å². The van der Waals surface area contributed by atoms with E-state index in [0.717, 1.165) is 37.9 Å². The van der Waals surface area contributed by atoms with Crippen molar-refractivity contribution in [1.82, 2.24) is 4.90 Å². The number of likely N-dealkylation sites (tertiary alicyclic amines) is 1. The minimum Gasteiger partial charge on any atom is -0.341 e. The molecule has 20 heavy (non-hydrogen) atoms. The summed E-state index contributed by atoms with van der Waals surface area (Å²) in [6.45, 7) is 3.19. The van der Waals surface area contributed by atoms with Crippen molar-refractivity contribution < 1.29 is 9.18 Å². The van der Waals surface area contributed by atoms with Gasteiger partial charge in [-0.2, -0.15) is 0 Å². The molecule has 1 aliphatic rings. The number of hydrogen-bond acceptors (Lipinski definition) is 2. The molecule has 1 aromatic rings. The lowest BCUT2D eigenvalue weighted by atomic mass is 9.90. The minimum absolute atomic E-state index is 0. The molecule has 1 saturated heterocycles. The molecule has 5 heteroatoms. The second-order valence-electron chi connectivity index (χ2n) is 5.35. The first-order valence-electron chi connectivity index (χ1n) is 6.85. The Kier molecular flexibility index (Phi) is 6.43. The van der Waals surface area contributed by atoms with Crippen molar-refractivity contribution in [2.24, 2.45) is 11.7 Å². The minimum atomic E-state index is -0.428. The van der Waals surface area contributed by atoms with Crippen molar-refractivity contribution in [3.63, 3.8) is 0 Å². The monoisotopic (exact) mass is 300 g/mol. The van der Waals surface area contributed by atoms with Gasteiger partial charge in [0.15, 0.2) is 0 Å². The molecule has 0 spiro atoms. The van der Waals surface area contributed by atoms with E-state index in [2.05, 4.69) is 0 Å². The summed E-state index contributed by atoms with van der Waals surface area (Å²) < 4.78 is 13.6. The second kappa shape index (κ2) is 7.60. The van der Waals surface area contributed by atoms with Gasteiger partial charge in [0.05, 0.1) is 6.04 Å². The Morgan fingerprint density at radius 2 is 2.00 bits per heavy atom. The van der Waals surface area contributed by atoms with Crippen molar-refractivity contribution in [3.8, 4) is 0 Å². The number of nitrogens with two attached hydrogens (primary N) is 1. The molecule has 0 radical (unpaired) electrons. The van der Waals surface area contributed by atoms with Crippen molar-refractivity contribution in [3.05, 3.63) is 35.6 Å². The number of amides is 1. The number of nitrogens with zero attached hydrogens (tertiary/aromatic N) is 1. The highest BCUT2D eigenvalue weighted by Crippen LogP contribution is 2.23. The Morgan fingerprint density at radius 1 is 1.40 bits per heavy atom. The lowest BCUT2D eigenvalue weighted by molar-refractivity contribution is -0.133. The van der Waals surface area contributed by atoms with Gasteiger partial charge in [-0.3, -0.25) is 4.79 Å². The number of rotatable bonds is 3. The normalized spacial score (nSPS) is 17.4. The smallest absolute Gasteiger partial charge is 0.239 e. The average Bonchev–Trinajstić information content (AvgIpc) is 2.41. The first kappa shape index (κ1) is 16.9. The van der Waals surface area contributed by atoms with Crippen LogP contribution in [0.1, 0.15) is 25.3 Å². The highest BCUT2D eigenvalue weighted by molar-refractivity contribution is 5.85. The summed E-state index contributed by atoms with van der Waals surface area (Å²) in [6.07, 6.45) is 2.60. The fourth-order valence-corrected chi connectivity index (χ4v) is 2.62. The van der Waals surface area contributed by atoms with Gasteiger partial charge < -0.3 is 10.6 Å². The molecule has 0 aromatic heterocycles. The van der Waals surface area contributed by atoms with Crippen molar-refractivity contribution in [2.75, 3.05) is 13.1 Å². The van der Waals surface area contributed by atoms with Crippen LogP contribution in [-0.2, 0) is 11.2 Å². The molecule has 1 amide bonds. The predicted octanol–water partition coefficient (Wildman–Crippen LogP) is 2.38. The SMILES string of the molecule is C[C@@H](N)C(=O)N1CCC(Cc2ccccc2F)CC1.Cl. The van der Waals surface area contributed by atoms with Crippen molar-refractivity contribution in [2.45, 2.75) is 32.2 Å². The lowest BCUT2D eigenvalue weighted by Gasteiger charge is -2.33. The average molecular weight is 301 g/mol.